The summed E-state index contributed by atoms with van der Waals surface area (Å²) < 4.78 is 25.3. The van der Waals surface area contributed by atoms with Gasteiger partial charge in [0.25, 0.3) is 0 Å². The molecule has 23 heavy (non-hydrogen) atoms. The molecule has 0 heterocycles. The third-order valence-electron chi connectivity index (χ3n) is 3.18. The van der Waals surface area contributed by atoms with Crippen molar-refractivity contribution in [1.29, 1.82) is 0 Å². The number of carbonyl (C=O) groups excluding carboxylic acids is 1. The van der Waals surface area contributed by atoms with Gasteiger partial charge in [-0.1, -0.05) is 20.8 Å². The molecule has 1 atom stereocenters. The summed E-state index contributed by atoms with van der Waals surface area (Å²) in [6, 6.07) is 3.43. The van der Waals surface area contributed by atoms with Gasteiger partial charge in [-0.15, -0.1) is 0 Å². The van der Waals surface area contributed by atoms with Crippen molar-refractivity contribution < 1.29 is 23.1 Å². The number of aromatic carboxylic acids is 1. The number of carbonyl (C=O) groups is 2. The number of hydrogen-bond acceptors (Lipinski definition) is 4. The summed E-state index contributed by atoms with van der Waals surface area (Å²) in [6.07, 6.45) is 0.991. The number of nitrogens with one attached hydrogen (secondary N) is 2. The summed E-state index contributed by atoms with van der Waals surface area (Å²) in [7, 11) is -3.56. The van der Waals surface area contributed by atoms with Crippen molar-refractivity contribution in [3.63, 3.8) is 0 Å². The number of benzene rings is 1. The standard InChI is InChI=1S/C15H22N2O5S/c1-9-8-10(6-7-11(9)14(19)20)16-13(18)12(15(2,3)4)17-23(5,21)22/h6-8,12,17H,1-5H3,(H,16,18)(H,19,20). The highest BCUT2D eigenvalue weighted by atomic mass is 32.2. The molecule has 1 aromatic rings. The third kappa shape index (κ3) is 5.65. The van der Waals surface area contributed by atoms with E-state index in [1.807, 2.05) is 0 Å². The molecule has 1 unspecified atom stereocenters. The molecule has 0 aliphatic rings. The zero-order chi connectivity index (χ0) is 18.0. The molecular formula is C15H22N2O5S. The molecule has 1 rings (SSSR count). The van der Waals surface area contributed by atoms with Gasteiger partial charge >= 0.3 is 5.97 Å². The zero-order valence-electron chi connectivity index (χ0n) is 13.8. The van der Waals surface area contributed by atoms with Crippen molar-refractivity contribution >= 4 is 27.6 Å². The molecule has 1 aromatic carbocycles. The van der Waals surface area contributed by atoms with E-state index in [1.165, 1.54) is 18.2 Å². The highest BCUT2D eigenvalue weighted by molar-refractivity contribution is 7.88. The Morgan fingerprint density at radius 3 is 2.17 bits per heavy atom. The van der Waals surface area contributed by atoms with Crippen LogP contribution in [0.2, 0.25) is 0 Å². The highest BCUT2D eigenvalue weighted by Gasteiger charge is 2.33. The summed E-state index contributed by atoms with van der Waals surface area (Å²) >= 11 is 0. The number of sulfonamides is 1. The second kappa shape index (κ2) is 6.67. The smallest absolute Gasteiger partial charge is 0.335 e. The lowest BCUT2D eigenvalue weighted by molar-refractivity contribution is -0.119. The van der Waals surface area contributed by atoms with Crippen LogP contribution < -0.4 is 10.0 Å². The van der Waals surface area contributed by atoms with Gasteiger partial charge in [-0.25, -0.2) is 17.9 Å². The summed E-state index contributed by atoms with van der Waals surface area (Å²) in [5.41, 5.74) is 0.411. The van der Waals surface area contributed by atoms with Crippen LogP contribution in [0.5, 0.6) is 0 Å². The molecule has 3 N–H and O–H groups in total. The second-order valence-electron chi connectivity index (χ2n) is 6.51. The Morgan fingerprint density at radius 2 is 1.78 bits per heavy atom. The molecule has 0 radical (unpaired) electrons. The van der Waals surface area contributed by atoms with E-state index in [1.54, 1.807) is 27.7 Å². The maximum Gasteiger partial charge on any atom is 0.335 e. The van der Waals surface area contributed by atoms with E-state index >= 15 is 0 Å². The lowest BCUT2D eigenvalue weighted by atomic mass is 9.87. The van der Waals surface area contributed by atoms with Gasteiger partial charge in [0.05, 0.1) is 11.8 Å². The molecule has 7 nitrogen and oxygen atoms in total. The first kappa shape index (κ1) is 19.1. The predicted molar refractivity (Wildman–Crippen MR) is 88.0 cm³/mol. The monoisotopic (exact) mass is 342 g/mol. The fourth-order valence-electron chi connectivity index (χ4n) is 2.03. The number of rotatable bonds is 5. The van der Waals surface area contributed by atoms with Gasteiger partial charge in [0.2, 0.25) is 15.9 Å². The molecule has 128 valence electrons. The summed E-state index contributed by atoms with van der Waals surface area (Å²) in [5, 5.41) is 11.6. The van der Waals surface area contributed by atoms with Crippen LogP contribution in [0.1, 0.15) is 36.7 Å². The van der Waals surface area contributed by atoms with Gasteiger partial charge in [0.1, 0.15) is 6.04 Å². The first-order chi connectivity index (χ1) is 10.3. The minimum Gasteiger partial charge on any atom is -0.478 e. The Balaban J connectivity index is 3.04. The fraction of sp³-hybridized carbons (Fsp3) is 0.467. The van der Waals surface area contributed by atoms with Crippen LogP contribution >= 0.6 is 0 Å². The van der Waals surface area contributed by atoms with Gasteiger partial charge < -0.3 is 10.4 Å². The first-order valence-electron chi connectivity index (χ1n) is 6.93. The Bertz CT molecular complexity index is 720. The third-order valence-corrected chi connectivity index (χ3v) is 3.85. The molecule has 0 saturated carbocycles. The van der Waals surface area contributed by atoms with Gasteiger partial charge in [0.15, 0.2) is 0 Å². The largest absolute Gasteiger partial charge is 0.478 e. The van der Waals surface area contributed by atoms with Crippen LogP contribution in [0, 0.1) is 12.3 Å². The maximum absolute atomic E-state index is 12.4. The lowest BCUT2D eigenvalue weighted by Crippen LogP contribution is -2.51. The molecule has 0 aromatic heterocycles. The van der Waals surface area contributed by atoms with Crippen LogP contribution in [0.3, 0.4) is 0 Å². The Kier molecular flexibility index (Phi) is 5.55. The normalized spacial score (nSPS) is 13.4. The van der Waals surface area contributed by atoms with E-state index in [2.05, 4.69) is 10.0 Å². The van der Waals surface area contributed by atoms with Gasteiger partial charge in [-0.2, -0.15) is 0 Å². The summed E-state index contributed by atoms with van der Waals surface area (Å²) in [4.78, 5) is 23.4. The fourth-order valence-corrected chi connectivity index (χ4v) is 2.92. The number of anilines is 1. The molecule has 0 aliphatic heterocycles. The van der Waals surface area contributed by atoms with Crippen LogP contribution in [0.25, 0.3) is 0 Å². The van der Waals surface area contributed by atoms with Gasteiger partial charge in [-0.05, 0) is 36.1 Å². The SMILES string of the molecule is Cc1cc(NC(=O)C(NS(C)(=O)=O)C(C)(C)C)ccc1C(=O)O. The van der Waals surface area contributed by atoms with Gasteiger partial charge in [0, 0.05) is 5.69 Å². The van der Waals surface area contributed by atoms with Crippen LogP contribution in [-0.4, -0.2) is 37.7 Å². The van der Waals surface area contributed by atoms with Crippen molar-refractivity contribution in [2.45, 2.75) is 33.7 Å². The minimum absolute atomic E-state index is 0.143. The highest BCUT2D eigenvalue weighted by Crippen LogP contribution is 2.22. The molecule has 0 fully saturated rings. The number of amides is 1. The molecule has 0 aliphatic carbocycles. The molecule has 8 heteroatoms. The number of aryl methyl sites for hydroxylation is 1. The minimum atomic E-state index is -3.56. The summed E-state index contributed by atoms with van der Waals surface area (Å²) in [6.45, 7) is 6.85. The average Bonchev–Trinajstić information content (AvgIpc) is 2.33. The van der Waals surface area contributed by atoms with Crippen molar-refractivity contribution in [3.05, 3.63) is 29.3 Å². The quantitative estimate of drug-likeness (QED) is 0.752. The molecule has 0 bridgehead atoms. The average molecular weight is 342 g/mol. The Hall–Kier alpha value is -1.93. The van der Waals surface area contributed by atoms with Crippen molar-refractivity contribution in [2.75, 3.05) is 11.6 Å². The topological polar surface area (TPSA) is 113 Å². The Morgan fingerprint density at radius 1 is 1.22 bits per heavy atom. The van der Waals surface area contributed by atoms with Crippen molar-refractivity contribution in [2.24, 2.45) is 5.41 Å². The van der Waals surface area contributed by atoms with Gasteiger partial charge in [-0.3, -0.25) is 4.79 Å². The summed E-state index contributed by atoms with van der Waals surface area (Å²) in [5.74, 6) is -1.56. The van der Waals surface area contributed by atoms with E-state index in [-0.39, 0.29) is 5.56 Å². The predicted octanol–water partition coefficient (Wildman–Crippen LogP) is 1.60. The molecule has 0 saturated heterocycles. The van der Waals surface area contributed by atoms with Crippen molar-refractivity contribution in [3.8, 4) is 0 Å². The van der Waals surface area contributed by atoms with Crippen LogP contribution in [-0.2, 0) is 14.8 Å². The molecule has 0 spiro atoms. The number of hydrogen-bond donors (Lipinski definition) is 3. The zero-order valence-corrected chi connectivity index (χ0v) is 14.6. The van der Waals surface area contributed by atoms with E-state index in [0.717, 1.165) is 6.26 Å². The van der Waals surface area contributed by atoms with Crippen LogP contribution in [0.15, 0.2) is 18.2 Å². The molecular weight excluding hydrogens is 320 g/mol. The van der Waals surface area contributed by atoms with E-state index in [0.29, 0.717) is 11.3 Å². The van der Waals surface area contributed by atoms with E-state index in [9.17, 15) is 18.0 Å². The number of carboxylic acid groups (broad SMARTS) is 1. The van der Waals surface area contributed by atoms with Crippen LogP contribution in [0.4, 0.5) is 5.69 Å². The Labute approximate surface area is 136 Å². The maximum atomic E-state index is 12.4. The van der Waals surface area contributed by atoms with Crippen molar-refractivity contribution in [1.82, 2.24) is 4.72 Å². The second-order valence-corrected chi connectivity index (χ2v) is 8.29. The number of carboxylic acids is 1. The lowest BCUT2D eigenvalue weighted by Gasteiger charge is -2.29. The van der Waals surface area contributed by atoms with E-state index in [4.69, 9.17) is 5.11 Å². The molecule has 1 amide bonds. The van der Waals surface area contributed by atoms with E-state index < -0.39 is 33.4 Å². The first-order valence-corrected chi connectivity index (χ1v) is 8.82.